The Morgan fingerprint density at radius 3 is 2.82 bits per heavy atom. The van der Waals surface area contributed by atoms with E-state index in [1.807, 2.05) is 0 Å². The molecule has 2 fully saturated rings. The Bertz CT molecular complexity index is 653. The van der Waals surface area contributed by atoms with Crippen LogP contribution in [0, 0.1) is 17.6 Å². The van der Waals surface area contributed by atoms with Gasteiger partial charge < -0.3 is 19.7 Å². The number of morpholine rings is 1. The predicted octanol–water partition coefficient (Wildman–Crippen LogP) is 1.96. The summed E-state index contributed by atoms with van der Waals surface area (Å²) in [5.41, 5.74) is 0. The monoisotopic (exact) mass is 396 g/mol. The minimum atomic E-state index is -0.905. The lowest BCUT2D eigenvalue weighted by atomic mass is 10.1. The van der Waals surface area contributed by atoms with E-state index in [9.17, 15) is 8.78 Å². The molecule has 6 nitrogen and oxygen atoms in total. The van der Waals surface area contributed by atoms with Crippen molar-refractivity contribution in [3.05, 3.63) is 29.8 Å². The molecule has 2 heterocycles. The van der Waals surface area contributed by atoms with Crippen molar-refractivity contribution in [2.75, 3.05) is 65.6 Å². The van der Waals surface area contributed by atoms with Crippen molar-refractivity contribution in [3.8, 4) is 5.75 Å². The Labute approximate surface area is 165 Å². The van der Waals surface area contributed by atoms with Crippen molar-refractivity contribution in [2.45, 2.75) is 13.3 Å². The number of aliphatic imine (C=N–C) groups is 1. The number of likely N-dealkylation sites (tertiary alicyclic amines) is 1. The van der Waals surface area contributed by atoms with Crippen LogP contribution in [0.15, 0.2) is 23.2 Å². The van der Waals surface area contributed by atoms with Crippen LogP contribution in [0.5, 0.6) is 5.75 Å². The quantitative estimate of drug-likeness (QED) is 0.434. The van der Waals surface area contributed by atoms with Crippen LogP contribution in [0.2, 0.25) is 0 Å². The standard InChI is InChI=1S/C20H30F2N4O2/c1-2-23-20(24-6-10-28-17-3-4-18(21)19(22)13-17)26-7-5-16(15-26)14-25-8-11-27-12-9-25/h3-4,13,16H,2,5-12,14-15H2,1H3,(H,23,24). The minimum Gasteiger partial charge on any atom is -0.492 e. The summed E-state index contributed by atoms with van der Waals surface area (Å²) < 4.78 is 37.1. The third kappa shape index (κ3) is 6.04. The van der Waals surface area contributed by atoms with Gasteiger partial charge in [-0.25, -0.2) is 13.8 Å². The largest absolute Gasteiger partial charge is 0.492 e. The SMILES string of the molecule is CCNC(=NCCOc1ccc(F)c(F)c1)N1CCC(CN2CCOCC2)C1. The molecule has 1 N–H and O–H groups in total. The van der Waals surface area contributed by atoms with Crippen LogP contribution in [-0.4, -0.2) is 81.4 Å². The first kappa shape index (κ1) is 20.8. The highest BCUT2D eigenvalue weighted by Gasteiger charge is 2.27. The molecular weight excluding hydrogens is 366 g/mol. The smallest absolute Gasteiger partial charge is 0.194 e. The summed E-state index contributed by atoms with van der Waals surface area (Å²) in [6, 6.07) is 3.54. The van der Waals surface area contributed by atoms with Crippen molar-refractivity contribution >= 4 is 5.96 Å². The molecule has 0 aliphatic carbocycles. The van der Waals surface area contributed by atoms with Crippen molar-refractivity contribution in [1.29, 1.82) is 0 Å². The second kappa shape index (κ2) is 10.6. The summed E-state index contributed by atoms with van der Waals surface area (Å²) in [7, 11) is 0. The number of ether oxygens (including phenoxy) is 2. The number of hydrogen-bond donors (Lipinski definition) is 1. The number of halogens is 2. The maximum Gasteiger partial charge on any atom is 0.194 e. The van der Waals surface area contributed by atoms with E-state index >= 15 is 0 Å². The van der Waals surface area contributed by atoms with Gasteiger partial charge in [0.05, 0.1) is 19.8 Å². The third-order valence-corrected chi connectivity index (χ3v) is 5.05. The lowest BCUT2D eigenvalue weighted by molar-refractivity contribution is 0.0315. The van der Waals surface area contributed by atoms with Gasteiger partial charge in [0.25, 0.3) is 0 Å². The van der Waals surface area contributed by atoms with E-state index in [0.717, 1.165) is 77.0 Å². The number of guanidine groups is 1. The zero-order chi connectivity index (χ0) is 19.8. The van der Waals surface area contributed by atoms with E-state index in [1.54, 1.807) is 0 Å². The van der Waals surface area contributed by atoms with E-state index in [0.29, 0.717) is 24.8 Å². The van der Waals surface area contributed by atoms with Crippen LogP contribution < -0.4 is 10.1 Å². The first-order chi connectivity index (χ1) is 13.7. The normalized spacial score (nSPS) is 21.2. The molecule has 8 heteroatoms. The Balaban J connectivity index is 1.46. The Hall–Kier alpha value is -1.93. The van der Waals surface area contributed by atoms with Gasteiger partial charge in [0, 0.05) is 45.3 Å². The van der Waals surface area contributed by atoms with Gasteiger partial charge >= 0.3 is 0 Å². The molecular formula is C20H30F2N4O2. The summed E-state index contributed by atoms with van der Waals surface area (Å²) in [6.45, 7) is 10.4. The van der Waals surface area contributed by atoms with Gasteiger partial charge in [-0.15, -0.1) is 0 Å². The van der Waals surface area contributed by atoms with Gasteiger partial charge in [0.15, 0.2) is 17.6 Å². The summed E-state index contributed by atoms with van der Waals surface area (Å²) in [5.74, 6) is 0.0605. The van der Waals surface area contributed by atoms with Crippen LogP contribution in [-0.2, 0) is 4.74 Å². The molecule has 2 aliphatic rings. The Morgan fingerprint density at radius 2 is 2.07 bits per heavy atom. The lowest BCUT2D eigenvalue weighted by Crippen LogP contribution is -2.42. The fourth-order valence-corrected chi connectivity index (χ4v) is 3.63. The van der Waals surface area contributed by atoms with Gasteiger partial charge in [-0.3, -0.25) is 4.90 Å². The topological polar surface area (TPSA) is 49.3 Å². The van der Waals surface area contributed by atoms with Gasteiger partial charge in [-0.1, -0.05) is 0 Å². The van der Waals surface area contributed by atoms with Crippen molar-refractivity contribution in [2.24, 2.45) is 10.9 Å². The van der Waals surface area contributed by atoms with Crippen LogP contribution in [0.3, 0.4) is 0 Å². The number of hydrogen-bond acceptors (Lipinski definition) is 4. The summed E-state index contributed by atoms with van der Waals surface area (Å²) in [5, 5.41) is 3.34. The maximum atomic E-state index is 13.2. The highest BCUT2D eigenvalue weighted by molar-refractivity contribution is 5.80. The second-order valence-corrected chi connectivity index (χ2v) is 7.17. The van der Waals surface area contributed by atoms with E-state index in [4.69, 9.17) is 9.47 Å². The molecule has 1 aromatic carbocycles. The van der Waals surface area contributed by atoms with E-state index in [1.165, 1.54) is 6.07 Å². The third-order valence-electron chi connectivity index (χ3n) is 5.05. The minimum absolute atomic E-state index is 0.311. The molecule has 0 bridgehead atoms. The molecule has 0 radical (unpaired) electrons. The fourth-order valence-electron chi connectivity index (χ4n) is 3.63. The average Bonchev–Trinajstić information content (AvgIpc) is 3.16. The Kier molecular flexibility index (Phi) is 7.85. The van der Waals surface area contributed by atoms with Crippen LogP contribution in [0.25, 0.3) is 0 Å². The van der Waals surface area contributed by atoms with Crippen LogP contribution >= 0.6 is 0 Å². The van der Waals surface area contributed by atoms with E-state index in [2.05, 4.69) is 27.0 Å². The molecule has 0 aromatic heterocycles. The summed E-state index contributed by atoms with van der Waals surface area (Å²) in [4.78, 5) is 9.42. The van der Waals surface area contributed by atoms with Crippen LogP contribution in [0.1, 0.15) is 13.3 Å². The lowest BCUT2D eigenvalue weighted by Gasteiger charge is -2.29. The molecule has 2 aliphatic heterocycles. The zero-order valence-corrected chi connectivity index (χ0v) is 16.5. The van der Waals surface area contributed by atoms with Crippen molar-refractivity contribution in [3.63, 3.8) is 0 Å². The molecule has 0 amide bonds. The maximum absolute atomic E-state index is 13.2. The molecule has 3 rings (SSSR count). The second-order valence-electron chi connectivity index (χ2n) is 7.17. The van der Waals surface area contributed by atoms with Crippen LogP contribution in [0.4, 0.5) is 8.78 Å². The number of rotatable bonds is 7. The van der Waals surface area contributed by atoms with E-state index < -0.39 is 11.6 Å². The van der Waals surface area contributed by atoms with E-state index in [-0.39, 0.29) is 0 Å². The van der Waals surface area contributed by atoms with Crippen molar-refractivity contribution < 1.29 is 18.3 Å². The molecule has 0 saturated carbocycles. The molecule has 1 unspecified atom stereocenters. The Morgan fingerprint density at radius 1 is 1.25 bits per heavy atom. The van der Waals surface area contributed by atoms with Crippen molar-refractivity contribution in [1.82, 2.24) is 15.1 Å². The molecule has 156 valence electrons. The van der Waals surface area contributed by atoms with Gasteiger partial charge in [0.1, 0.15) is 12.4 Å². The number of benzene rings is 1. The van der Waals surface area contributed by atoms with Gasteiger partial charge in [-0.2, -0.15) is 0 Å². The predicted molar refractivity (Wildman–Crippen MR) is 105 cm³/mol. The van der Waals surface area contributed by atoms with Gasteiger partial charge in [-0.05, 0) is 31.4 Å². The molecule has 2 saturated heterocycles. The number of nitrogens with zero attached hydrogens (tertiary/aromatic N) is 3. The van der Waals surface area contributed by atoms with Gasteiger partial charge in [0.2, 0.25) is 0 Å². The molecule has 1 aromatic rings. The fraction of sp³-hybridized carbons (Fsp3) is 0.650. The highest BCUT2D eigenvalue weighted by atomic mass is 19.2. The number of nitrogens with one attached hydrogen (secondary N) is 1. The summed E-state index contributed by atoms with van der Waals surface area (Å²) in [6.07, 6.45) is 1.16. The highest BCUT2D eigenvalue weighted by Crippen LogP contribution is 2.18. The first-order valence-corrected chi connectivity index (χ1v) is 10.1. The molecule has 1 atom stereocenters. The molecule has 28 heavy (non-hydrogen) atoms. The zero-order valence-electron chi connectivity index (χ0n) is 16.5. The average molecular weight is 396 g/mol. The summed E-state index contributed by atoms with van der Waals surface area (Å²) >= 11 is 0. The first-order valence-electron chi connectivity index (χ1n) is 10.1. The molecule has 0 spiro atoms.